The van der Waals surface area contributed by atoms with E-state index in [1.165, 1.54) is 6.08 Å². The van der Waals surface area contributed by atoms with E-state index in [-0.39, 0.29) is 6.61 Å². The van der Waals surface area contributed by atoms with Crippen LogP contribution < -0.4 is 0 Å². The smallest absolute Gasteiger partial charge is 0.150 e. The monoisotopic (exact) mass is 126 g/mol. The predicted octanol–water partition coefficient (Wildman–Crippen LogP) is 0.680. The molecule has 0 saturated heterocycles. The molecule has 0 aromatic rings. The molecule has 0 aliphatic rings. The van der Waals surface area contributed by atoms with E-state index in [9.17, 15) is 4.79 Å². The molecule has 50 valence electrons. The van der Waals surface area contributed by atoms with E-state index in [1.54, 1.807) is 6.92 Å². The van der Waals surface area contributed by atoms with E-state index >= 15 is 0 Å². The summed E-state index contributed by atoms with van der Waals surface area (Å²) in [5.74, 6) is 0. The molecule has 0 atom stereocenters. The number of aliphatic hydroxyl groups is 1. The quantitative estimate of drug-likeness (QED) is 0.343. The first-order valence-corrected chi connectivity index (χ1v) is 2.64. The maximum Gasteiger partial charge on any atom is 0.150 e. The van der Waals surface area contributed by atoms with Crippen LogP contribution in [0.5, 0.6) is 0 Å². The fourth-order valence-electron chi connectivity index (χ4n) is 0.414. The molecule has 0 unspecified atom stereocenters. The Hall–Kier alpha value is -0.890. The molecule has 0 amide bonds. The van der Waals surface area contributed by atoms with E-state index in [0.29, 0.717) is 17.4 Å². The van der Waals surface area contributed by atoms with Gasteiger partial charge in [0, 0.05) is 5.57 Å². The van der Waals surface area contributed by atoms with Crippen molar-refractivity contribution in [3.05, 3.63) is 23.8 Å². The highest BCUT2D eigenvalue weighted by molar-refractivity contribution is 5.78. The van der Waals surface area contributed by atoms with Gasteiger partial charge in [0.05, 0.1) is 6.61 Å². The molecule has 0 bridgehead atoms. The number of hydrogen-bond donors (Lipinski definition) is 1. The number of rotatable bonds is 3. The van der Waals surface area contributed by atoms with Gasteiger partial charge in [-0.1, -0.05) is 12.7 Å². The summed E-state index contributed by atoms with van der Waals surface area (Å²) >= 11 is 0. The maximum atomic E-state index is 10.1. The van der Waals surface area contributed by atoms with Crippen LogP contribution in [0.4, 0.5) is 0 Å². The maximum absolute atomic E-state index is 10.1. The molecule has 9 heavy (non-hydrogen) atoms. The standard InChI is InChI=1S/C7H10O2/c1-3-7(5-9)6(2)4-8/h3,5,8H,1,4H2,2H3/b7-6-. The van der Waals surface area contributed by atoms with Crippen LogP contribution in [0.3, 0.4) is 0 Å². The summed E-state index contributed by atoms with van der Waals surface area (Å²) in [5.41, 5.74) is 1.12. The molecule has 0 aromatic heterocycles. The predicted molar refractivity (Wildman–Crippen MR) is 36.0 cm³/mol. The molecule has 1 N–H and O–H groups in total. The summed E-state index contributed by atoms with van der Waals surface area (Å²) in [6, 6.07) is 0. The van der Waals surface area contributed by atoms with Crippen molar-refractivity contribution in [1.82, 2.24) is 0 Å². The van der Waals surface area contributed by atoms with Crippen LogP contribution in [0, 0.1) is 0 Å². The Labute approximate surface area is 54.5 Å². The van der Waals surface area contributed by atoms with Gasteiger partial charge in [0.1, 0.15) is 6.29 Å². The zero-order chi connectivity index (χ0) is 7.28. The molecule has 0 aromatic carbocycles. The Morgan fingerprint density at radius 1 is 1.78 bits per heavy atom. The van der Waals surface area contributed by atoms with Crippen molar-refractivity contribution in [1.29, 1.82) is 0 Å². The zero-order valence-corrected chi connectivity index (χ0v) is 5.42. The third-order valence-corrected chi connectivity index (χ3v) is 1.08. The second kappa shape index (κ2) is 4.04. The highest BCUT2D eigenvalue weighted by Gasteiger charge is 1.92. The lowest BCUT2D eigenvalue weighted by Crippen LogP contribution is -1.91. The molecule has 0 spiro atoms. The first kappa shape index (κ1) is 8.11. The van der Waals surface area contributed by atoms with Crippen LogP contribution in [0.1, 0.15) is 6.92 Å². The van der Waals surface area contributed by atoms with Crippen molar-refractivity contribution in [2.24, 2.45) is 0 Å². The molecule has 0 fully saturated rings. The van der Waals surface area contributed by atoms with Gasteiger partial charge in [0.25, 0.3) is 0 Å². The van der Waals surface area contributed by atoms with Crippen molar-refractivity contribution in [3.8, 4) is 0 Å². The van der Waals surface area contributed by atoms with Crippen molar-refractivity contribution < 1.29 is 9.90 Å². The minimum absolute atomic E-state index is 0.0832. The first-order valence-electron chi connectivity index (χ1n) is 2.64. The second-order valence-corrected chi connectivity index (χ2v) is 1.72. The van der Waals surface area contributed by atoms with Gasteiger partial charge in [0.2, 0.25) is 0 Å². The number of carbonyl (C=O) groups is 1. The van der Waals surface area contributed by atoms with Crippen LogP contribution >= 0.6 is 0 Å². The largest absolute Gasteiger partial charge is 0.392 e. The molecule has 0 heterocycles. The van der Waals surface area contributed by atoms with Gasteiger partial charge in [-0.15, -0.1) is 0 Å². The molecule has 0 rings (SSSR count). The van der Waals surface area contributed by atoms with E-state index in [1.807, 2.05) is 0 Å². The van der Waals surface area contributed by atoms with Crippen LogP contribution in [-0.4, -0.2) is 18.0 Å². The van der Waals surface area contributed by atoms with Crippen molar-refractivity contribution in [2.75, 3.05) is 6.61 Å². The Morgan fingerprint density at radius 2 is 2.33 bits per heavy atom. The van der Waals surface area contributed by atoms with Crippen LogP contribution in [0.15, 0.2) is 23.8 Å². The lowest BCUT2D eigenvalue weighted by Gasteiger charge is -1.94. The number of carbonyl (C=O) groups excluding carboxylic acids is 1. The molecule has 0 aliphatic heterocycles. The van der Waals surface area contributed by atoms with E-state index in [4.69, 9.17) is 5.11 Å². The summed E-state index contributed by atoms with van der Waals surface area (Å²) in [5, 5.41) is 8.50. The molecular formula is C7H10O2. The number of aldehydes is 1. The molecule has 0 aliphatic carbocycles. The fraction of sp³-hybridized carbons (Fsp3) is 0.286. The van der Waals surface area contributed by atoms with E-state index in [2.05, 4.69) is 6.58 Å². The van der Waals surface area contributed by atoms with Gasteiger partial charge in [-0.05, 0) is 12.5 Å². The summed E-state index contributed by atoms with van der Waals surface area (Å²) in [7, 11) is 0. The topological polar surface area (TPSA) is 37.3 Å². The van der Waals surface area contributed by atoms with Gasteiger partial charge in [0.15, 0.2) is 0 Å². The summed E-state index contributed by atoms with van der Waals surface area (Å²) < 4.78 is 0. The summed E-state index contributed by atoms with van der Waals surface area (Å²) in [4.78, 5) is 10.1. The highest BCUT2D eigenvalue weighted by Crippen LogP contribution is 1.99. The van der Waals surface area contributed by atoms with Crippen LogP contribution in [-0.2, 0) is 4.79 Å². The van der Waals surface area contributed by atoms with Gasteiger partial charge in [-0.2, -0.15) is 0 Å². The van der Waals surface area contributed by atoms with E-state index < -0.39 is 0 Å². The average Bonchev–Trinajstić information content (AvgIpc) is 1.90. The summed E-state index contributed by atoms with van der Waals surface area (Å²) in [6.07, 6.45) is 2.11. The lowest BCUT2D eigenvalue weighted by atomic mass is 10.1. The Morgan fingerprint density at radius 3 is 2.44 bits per heavy atom. The Bertz CT molecular complexity index is 135. The zero-order valence-electron chi connectivity index (χ0n) is 5.42. The minimum Gasteiger partial charge on any atom is -0.392 e. The highest BCUT2D eigenvalue weighted by atomic mass is 16.3. The van der Waals surface area contributed by atoms with Crippen molar-refractivity contribution >= 4 is 6.29 Å². The van der Waals surface area contributed by atoms with Gasteiger partial charge in [-0.25, -0.2) is 0 Å². The normalized spacial score (nSPS) is 12.2. The molecule has 2 heteroatoms. The van der Waals surface area contributed by atoms with E-state index in [0.717, 1.165) is 0 Å². The number of allylic oxidation sites excluding steroid dienone is 2. The Balaban J connectivity index is 4.36. The Kier molecular flexibility index (Phi) is 3.64. The SMILES string of the molecule is C=C/C(C=O)=C(\C)CO. The second-order valence-electron chi connectivity index (χ2n) is 1.72. The van der Waals surface area contributed by atoms with Crippen LogP contribution in [0.25, 0.3) is 0 Å². The molecular weight excluding hydrogens is 116 g/mol. The lowest BCUT2D eigenvalue weighted by molar-refractivity contribution is -0.104. The average molecular weight is 126 g/mol. The third kappa shape index (κ3) is 2.24. The van der Waals surface area contributed by atoms with Crippen molar-refractivity contribution in [3.63, 3.8) is 0 Å². The molecule has 2 nitrogen and oxygen atoms in total. The van der Waals surface area contributed by atoms with Gasteiger partial charge in [-0.3, -0.25) is 4.79 Å². The summed E-state index contributed by atoms with van der Waals surface area (Å²) in [6.45, 7) is 5.00. The van der Waals surface area contributed by atoms with Crippen molar-refractivity contribution in [2.45, 2.75) is 6.92 Å². The fourth-order valence-corrected chi connectivity index (χ4v) is 0.414. The molecule has 0 radical (unpaired) electrons. The minimum atomic E-state index is -0.0832. The molecule has 0 saturated carbocycles. The van der Waals surface area contributed by atoms with Crippen LogP contribution in [0.2, 0.25) is 0 Å². The first-order chi connectivity index (χ1) is 4.26. The van der Waals surface area contributed by atoms with Gasteiger partial charge >= 0.3 is 0 Å². The van der Waals surface area contributed by atoms with Gasteiger partial charge < -0.3 is 5.11 Å². The third-order valence-electron chi connectivity index (χ3n) is 1.08. The number of hydrogen-bond acceptors (Lipinski definition) is 2. The number of aliphatic hydroxyl groups excluding tert-OH is 1.